The van der Waals surface area contributed by atoms with E-state index < -0.39 is 35.5 Å². The number of hydrogen-bond donors (Lipinski definition) is 3. The molecule has 9 heteroatoms. The second-order valence-corrected chi connectivity index (χ2v) is 8.08. The van der Waals surface area contributed by atoms with Crippen molar-refractivity contribution in [3.8, 4) is 5.75 Å². The Morgan fingerprint density at radius 3 is 2.32 bits per heavy atom. The van der Waals surface area contributed by atoms with Crippen molar-refractivity contribution in [2.24, 2.45) is 11.8 Å². The van der Waals surface area contributed by atoms with E-state index in [0.29, 0.717) is 24.6 Å². The van der Waals surface area contributed by atoms with Gasteiger partial charge in [-0.05, 0) is 61.7 Å². The van der Waals surface area contributed by atoms with Crippen molar-refractivity contribution in [1.82, 2.24) is 0 Å². The van der Waals surface area contributed by atoms with Gasteiger partial charge in [-0.2, -0.15) is 0 Å². The summed E-state index contributed by atoms with van der Waals surface area (Å²) < 4.78 is 18.7. The van der Waals surface area contributed by atoms with Crippen LogP contribution >= 0.6 is 0 Å². The number of aryl methyl sites for hydroxylation is 1. The molecule has 0 heterocycles. The molecule has 2 aromatic rings. The number of carbonyl (C=O) groups is 4. The Hall–Kier alpha value is -4.01. The highest BCUT2D eigenvalue weighted by Crippen LogP contribution is 2.34. The Kier molecular flexibility index (Phi) is 8.13. The molecule has 8 nitrogen and oxygen atoms in total. The fourth-order valence-corrected chi connectivity index (χ4v) is 3.83. The number of carboxylic acid groups (broad SMARTS) is 1. The summed E-state index contributed by atoms with van der Waals surface area (Å²) in [4.78, 5) is 48.6. The number of carbonyl (C=O) groups excluding carboxylic acids is 3. The predicted molar refractivity (Wildman–Crippen MR) is 123 cm³/mol. The summed E-state index contributed by atoms with van der Waals surface area (Å²) in [6.07, 6.45) is 4.07. The number of esters is 1. The van der Waals surface area contributed by atoms with Gasteiger partial charge in [0, 0.05) is 17.8 Å². The normalized spacial score (nSPS) is 17.7. The van der Waals surface area contributed by atoms with Gasteiger partial charge in [0.25, 0.3) is 0 Å². The monoisotopic (exact) mass is 468 g/mol. The maximum absolute atomic E-state index is 13.1. The molecule has 3 N–H and O–H groups in total. The fourth-order valence-electron chi connectivity index (χ4n) is 3.83. The van der Waals surface area contributed by atoms with E-state index in [1.807, 2.05) is 0 Å². The summed E-state index contributed by atoms with van der Waals surface area (Å²) in [5, 5.41) is 13.9. The molecule has 0 aliphatic heterocycles. The minimum atomic E-state index is -1.27. The zero-order valence-corrected chi connectivity index (χ0v) is 18.5. The van der Waals surface area contributed by atoms with Crippen LogP contribution in [-0.2, 0) is 19.2 Å². The second-order valence-electron chi connectivity index (χ2n) is 8.08. The van der Waals surface area contributed by atoms with Crippen molar-refractivity contribution in [2.45, 2.75) is 32.6 Å². The van der Waals surface area contributed by atoms with Gasteiger partial charge in [0.2, 0.25) is 11.8 Å². The largest absolute Gasteiger partial charge is 0.478 e. The quantitative estimate of drug-likeness (QED) is 0.320. The first-order valence-electron chi connectivity index (χ1n) is 10.8. The van der Waals surface area contributed by atoms with Gasteiger partial charge in [-0.25, -0.2) is 9.18 Å². The summed E-state index contributed by atoms with van der Waals surface area (Å²) in [7, 11) is 0. The van der Waals surface area contributed by atoms with Crippen LogP contribution in [0.2, 0.25) is 0 Å². The molecule has 0 unspecified atom stereocenters. The van der Waals surface area contributed by atoms with Crippen molar-refractivity contribution in [1.29, 1.82) is 0 Å². The third kappa shape index (κ3) is 6.74. The summed E-state index contributed by atoms with van der Waals surface area (Å²) in [6.45, 7) is 1.78. The highest BCUT2D eigenvalue weighted by molar-refractivity contribution is 6.03. The van der Waals surface area contributed by atoms with E-state index in [9.17, 15) is 23.6 Å². The number of carboxylic acids is 1. The van der Waals surface area contributed by atoms with Gasteiger partial charge in [0.05, 0.1) is 17.5 Å². The van der Waals surface area contributed by atoms with Gasteiger partial charge in [-0.3, -0.25) is 14.4 Å². The molecule has 1 saturated carbocycles. The van der Waals surface area contributed by atoms with Gasteiger partial charge < -0.3 is 20.5 Å². The Bertz CT molecular complexity index is 1110. The molecular weight excluding hydrogens is 443 g/mol. The first-order chi connectivity index (χ1) is 16.2. The molecule has 3 rings (SSSR count). The number of anilines is 2. The molecule has 0 bridgehead atoms. The first-order valence-corrected chi connectivity index (χ1v) is 10.8. The highest BCUT2D eigenvalue weighted by atomic mass is 19.1. The fraction of sp³-hybridized carbons (Fsp3) is 0.280. The van der Waals surface area contributed by atoms with Crippen molar-refractivity contribution < 1.29 is 33.4 Å². The molecule has 1 fully saturated rings. The van der Waals surface area contributed by atoms with E-state index in [4.69, 9.17) is 9.84 Å². The molecule has 2 atom stereocenters. The third-order valence-corrected chi connectivity index (χ3v) is 5.50. The van der Waals surface area contributed by atoms with Crippen LogP contribution in [0.15, 0.2) is 54.6 Å². The minimum Gasteiger partial charge on any atom is -0.478 e. The van der Waals surface area contributed by atoms with E-state index in [1.54, 1.807) is 19.1 Å². The molecule has 34 heavy (non-hydrogen) atoms. The average Bonchev–Trinajstić information content (AvgIpc) is 2.81. The number of aliphatic carboxylic acids is 1. The average molecular weight is 468 g/mol. The van der Waals surface area contributed by atoms with Crippen LogP contribution < -0.4 is 15.4 Å². The topological polar surface area (TPSA) is 122 Å². The number of benzene rings is 2. The number of hydrogen-bond acceptors (Lipinski definition) is 5. The number of amides is 2. The van der Waals surface area contributed by atoms with Gasteiger partial charge in [-0.15, -0.1) is 0 Å². The number of halogens is 1. The van der Waals surface area contributed by atoms with Crippen LogP contribution in [0.1, 0.15) is 31.2 Å². The smallest absolute Gasteiger partial charge is 0.328 e. The van der Waals surface area contributed by atoms with E-state index in [-0.39, 0.29) is 17.3 Å². The van der Waals surface area contributed by atoms with Crippen molar-refractivity contribution in [3.05, 3.63) is 66.0 Å². The van der Waals surface area contributed by atoms with Gasteiger partial charge >= 0.3 is 11.9 Å². The Morgan fingerprint density at radius 2 is 1.65 bits per heavy atom. The summed E-state index contributed by atoms with van der Waals surface area (Å²) >= 11 is 0. The van der Waals surface area contributed by atoms with E-state index in [0.717, 1.165) is 24.5 Å². The molecule has 2 amide bonds. The van der Waals surface area contributed by atoms with Crippen LogP contribution in [-0.4, -0.2) is 28.9 Å². The molecule has 1 aliphatic carbocycles. The van der Waals surface area contributed by atoms with Crippen LogP contribution in [0, 0.1) is 24.6 Å². The SMILES string of the molecule is Cc1ccc(OC(=O)[C@@H]2CCCC[C@@H]2C(=O)Nc2ccc(F)cc2)c(NC(=O)/C=C\C(=O)O)c1. The van der Waals surface area contributed by atoms with Gasteiger partial charge in [0.15, 0.2) is 5.75 Å². The zero-order chi connectivity index (χ0) is 24.7. The molecule has 2 aromatic carbocycles. The molecular formula is C25H25FN2O6. The maximum atomic E-state index is 13.1. The minimum absolute atomic E-state index is 0.0935. The van der Waals surface area contributed by atoms with Crippen LogP contribution in [0.25, 0.3) is 0 Å². The lowest BCUT2D eigenvalue weighted by molar-refractivity contribution is -0.145. The molecule has 0 saturated heterocycles. The van der Waals surface area contributed by atoms with Crippen LogP contribution in [0.4, 0.5) is 15.8 Å². The lowest BCUT2D eigenvalue weighted by Gasteiger charge is -2.29. The predicted octanol–water partition coefficient (Wildman–Crippen LogP) is 4.06. The van der Waals surface area contributed by atoms with Gasteiger partial charge in [-0.1, -0.05) is 18.9 Å². The standard InChI is InChI=1S/C25H25FN2O6/c1-15-6-11-21(20(14-15)28-22(29)12-13-23(30)31)34-25(33)19-5-3-2-4-18(19)24(32)27-17-9-7-16(26)8-10-17/h6-14,18-19H,2-5H2,1H3,(H,27,32)(H,28,29)(H,30,31)/b13-12-/t18-,19+/m0/s1. The third-order valence-electron chi connectivity index (χ3n) is 5.50. The summed E-state index contributed by atoms with van der Waals surface area (Å²) in [5.41, 5.74) is 1.42. The summed E-state index contributed by atoms with van der Waals surface area (Å²) in [6, 6.07) is 10.2. The molecule has 0 spiro atoms. The number of nitrogens with one attached hydrogen (secondary N) is 2. The Morgan fingerprint density at radius 1 is 0.971 bits per heavy atom. The molecule has 0 radical (unpaired) electrons. The Labute approximate surface area is 195 Å². The highest BCUT2D eigenvalue weighted by Gasteiger charge is 2.37. The Balaban J connectivity index is 1.74. The zero-order valence-electron chi connectivity index (χ0n) is 18.5. The van der Waals surface area contributed by atoms with Crippen LogP contribution in [0.3, 0.4) is 0 Å². The molecule has 0 aromatic heterocycles. The molecule has 1 aliphatic rings. The first kappa shape index (κ1) is 24.6. The van der Waals surface area contributed by atoms with E-state index in [1.165, 1.54) is 30.3 Å². The van der Waals surface area contributed by atoms with E-state index >= 15 is 0 Å². The lowest BCUT2D eigenvalue weighted by Crippen LogP contribution is -2.38. The maximum Gasteiger partial charge on any atom is 0.328 e. The van der Waals surface area contributed by atoms with Gasteiger partial charge in [0.1, 0.15) is 5.82 Å². The lowest BCUT2D eigenvalue weighted by atomic mass is 9.78. The number of rotatable bonds is 7. The van der Waals surface area contributed by atoms with E-state index in [2.05, 4.69) is 10.6 Å². The molecule has 178 valence electrons. The second kappa shape index (κ2) is 11.2. The summed E-state index contributed by atoms with van der Waals surface area (Å²) in [5.74, 6) is -4.54. The van der Waals surface area contributed by atoms with Crippen molar-refractivity contribution in [3.63, 3.8) is 0 Å². The van der Waals surface area contributed by atoms with Crippen LogP contribution in [0.5, 0.6) is 5.75 Å². The van der Waals surface area contributed by atoms with Crippen molar-refractivity contribution >= 4 is 35.1 Å². The number of ether oxygens (including phenoxy) is 1. The van der Waals surface area contributed by atoms with Crippen molar-refractivity contribution in [2.75, 3.05) is 10.6 Å².